The minimum absolute atomic E-state index is 0.315. The number of nitrogens with one attached hydrogen (secondary N) is 2. The zero-order valence-corrected chi connectivity index (χ0v) is 16.7. The van der Waals surface area contributed by atoms with Crippen molar-refractivity contribution in [3.8, 4) is 11.4 Å². The summed E-state index contributed by atoms with van der Waals surface area (Å²) < 4.78 is 6.80. The molecule has 0 aliphatic heterocycles. The van der Waals surface area contributed by atoms with Gasteiger partial charge in [-0.15, -0.1) is 5.10 Å². The molecule has 0 bridgehead atoms. The lowest BCUT2D eigenvalue weighted by Gasteiger charge is -2.15. The number of halogens is 1. The molecule has 1 amide bonds. The van der Waals surface area contributed by atoms with Gasteiger partial charge in [0.2, 0.25) is 0 Å². The number of hydrogen-bond donors (Lipinski definition) is 2. The van der Waals surface area contributed by atoms with E-state index in [1.807, 2.05) is 24.3 Å². The summed E-state index contributed by atoms with van der Waals surface area (Å²) in [6.45, 7) is 0. The van der Waals surface area contributed by atoms with Crippen LogP contribution in [0.2, 0.25) is 5.02 Å². The molecule has 0 radical (unpaired) electrons. The first-order valence-corrected chi connectivity index (χ1v) is 9.80. The number of ether oxygens (including phenoxy) is 1. The quantitative estimate of drug-likeness (QED) is 0.637. The minimum atomic E-state index is -0.315. The normalized spacial score (nSPS) is 14.0. The summed E-state index contributed by atoms with van der Waals surface area (Å²) in [7, 11) is 1.50. The standard InChI is InChI=1S/C20H21ClN6O2/c1-29-19-11-18(27-12-22-25-26-27)17(21)10-16(19)20(28)24-15-8-4-7-14(9-15)23-13-5-2-3-6-13/h4,7-13,23H,2-3,5-6H2,1H3,(H,24,28). The van der Waals surface area contributed by atoms with Gasteiger partial charge in [0.05, 0.1) is 23.4 Å². The summed E-state index contributed by atoms with van der Waals surface area (Å²) in [6, 6.07) is 11.4. The molecule has 150 valence electrons. The Morgan fingerprint density at radius 3 is 2.72 bits per heavy atom. The Hall–Kier alpha value is -3.13. The van der Waals surface area contributed by atoms with E-state index in [9.17, 15) is 4.79 Å². The Labute approximate surface area is 173 Å². The minimum Gasteiger partial charge on any atom is -0.496 e. The molecule has 2 N–H and O–H groups in total. The third-order valence-corrected chi connectivity index (χ3v) is 5.26. The third kappa shape index (κ3) is 4.32. The maximum atomic E-state index is 12.9. The van der Waals surface area contributed by atoms with Gasteiger partial charge in [-0.1, -0.05) is 30.5 Å². The molecule has 0 unspecified atom stereocenters. The Kier molecular flexibility index (Phi) is 5.62. The van der Waals surface area contributed by atoms with Crippen molar-refractivity contribution in [3.05, 3.63) is 53.3 Å². The molecule has 9 heteroatoms. The van der Waals surface area contributed by atoms with Gasteiger partial charge in [0, 0.05) is 23.5 Å². The second-order valence-corrected chi connectivity index (χ2v) is 7.33. The second-order valence-electron chi connectivity index (χ2n) is 6.92. The summed E-state index contributed by atoms with van der Waals surface area (Å²) >= 11 is 6.36. The summed E-state index contributed by atoms with van der Waals surface area (Å²) in [4.78, 5) is 12.9. The zero-order valence-electron chi connectivity index (χ0n) is 15.9. The number of benzene rings is 2. The number of nitrogens with zero attached hydrogens (tertiary/aromatic N) is 4. The molecule has 1 aliphatic carbocycles. The van der Waals surface area contributed by atoms with Gasteiger partial charge < -0.3 is 15.4 Å². The highest BCUT2D eigenvalue weighted by Crippen LogP contribution is 2.30. The number of tetrazole rings is 1. The summed E-state index contributed by atoms with van der Waals surface area (Å²) in [5.41, 5.74) is 2.53. The van der Waals surface area contributed by atoms with E-state index in [-0.39, 0.29) is 5.91 Å². The van der Waals surface area contributed by atoms with Crippen LogP contribution in [-0.4, -0.2) is 39.3 Å². The Morgan fingerprint density at radius 1 is 1.21 bits per heavy atom. The number of methoxy groups -OCH3 is 1. The number of amides is 1. The van der Waals surface area contributed by atoms with Crippen molar-refractivity contribution in [2.45, 2.75) is 31.7 Å². The van der Waals surface area contributed by atoms with Gasteiger partial charge in [0.1, 0.15) is 12.1 Å². The van der Waals surface area contributed by atoms with Gasteiger partial charge in [-0.2, -0.15) is 4.68 Å². The molecule has 8 nitrogen and oxygen atoms in total. The van der Waals surface area contributed by atoms with Crippen molar-refractivity contribution in [2.24, 2.45) is 0 Å². The van der Waals surface area contributed by atoms with Crippen LogP contribution in [0.25, 0.3) is 5.69 Å². The predicted molar refractivity (Wildman–Crippen MR) is 111 cm³/mol. The lowest BCUT2D eigenvalue weighted by molar-refractivity contribution is 0.102. The van der Waals surface area contributed by atoms with E-state index in [0.29, 0.717) is 33.8 Å². The highest BCUT2D eigenvalue weighted by Gasteiger charge is 2.18. The molecule has 0 saturated heterocycles. The molecular formula is C20H21ClN6O2. The van der Waals surface area contributed by atoms with E-state index < -0.39 is 0 Å². The van der Waals surface area contributed by atoms with Crippen molar-refractivity contribution in [1.29, 1.82) is 0 Å². The first kappa shape index (κ1) is 19.2. The van der Waals surface area contributed by atoms with Crippen molar-refractivity contribution in [2.75, 3.05) is 17.7 Å². The molecule has 0 atom stereocenters. The first-order valence-electron chi connectivity index (χ1n) is 9.43. The molecule has 1 aliphatic rings. The molecule has 1 aromatic heterocycles. The molecular weight excluding hydrogens is 392 g/mol. The van der Waals surface area contributed by atoms with Crippen LogP contribution in [0.1, 0.15) is 36.0 Å². The average Bonchev–Trinajstić information content (AvgIpc) is 3.42. The maximum Gasteiger partial charge on any atom is 0.259 e. The second kappa shape index (κ2) is 8.48. The van der Waals surface area contributed by atoms with Gasteiger partial charge in [-0.05, 0) is 47.5 Å². The highest BCUT2D eigenvalue weighted by atomic mass is 35.5. The van der Waals surface area contributed by atoms with Crippen LogP contribution in [-0.2, 0) is 0 Å². The number of rotatable bonds is 6. The average molecular weight is 413 g/mol. The smallest absolute Gasteiger partial charge is 0.259 e. The number of aromatic nitrogens is 4. The number of carbonyl (C=O) groups excluding carboxylic acids is 1. The van der Waals surface area contributed by atoms with Crippen molar-refractivity contribution in [3.63, 3.8) is 0 Å². The molecule has 29 heavy (non-hydrogen) atoms. The first-order chi connectivity index (χ1) is 14.1. The summed E-state index contributed by atoms with van der Waals surface area (Å²) in [5, 5.41) is 17.8. The molecule has 0 spiro atoms. The van der Waals surface area contributed by atoms with Crippen LogP contribution in [0.15, 0.2) is 42.7 Å². The SMILES string of the molecule is COc1cc(-n2cnnn2)c(Cl)cc1C(=O)Nc1cccc(NC2CCCC2)c1. The van der Waals surface area contributed by atoms with Gasteiger partial charge >= 0.3 is 0 Å². The van der Waals surface area contributed by atoms with E-state index in [4.69, 9.17) is 16.3 Å². The van der Waals surface area contributed by atoms with E-state index in [2.05, 4.69) is 26.2 Å². The Bertz CT molecular complexity index is 1000. The fraction of sp³-hybridized carbons (Fsp3) is 0.300. The monoisotopic (exact) mass is 412 g/mol. The van der Waals surface area contributed by atoms with E-state index in [1.54, 1.807) is 12.1 Å². The summed E-state index contributed by atoms with van der Waals surface area (Å²) in [5.74, 6) is 0.0580. The summed E-state index contributed by atoms with van der Waals surface area (Å²) in [6.07, 6.45) is 6.30. The molecule has 1 heterocycles. The lowest BCUT2D eigenvalue weighted by atomic mass is 10.1. The third-order valence-electron chi connectivity index (χ3n) is 4.96. The van der Waals surface area contributed by atoms with Crippen LogP contribution >= 0.6 is 11.6 Å². The number of hydrogen-bond acceptors (Lipinski definition) is 6. The number of anilines is 2. The van der Waals surface area contributed by atoms with Gasteiger partial charge in [-0.25, -0.2) is 0 Å². The van der Waals surface area contributed by atoms with Crippen molar-refractivity contribution < 1.29 is 9.53 Å². The van der Waals surface area contributed by atoms with Crippen LogP contribution in [0.4, 0.5) is 11.4 Å². The van der Waals surface area contributed by atoms with Crippen LogP contribution in [0.3, 0.4) is 0 Å². The predicted octanol–water partition coefficient (Wildman–Crippen LogP) is 3.93. The van der Waals surface area contributed by atoms with E-state index in [0.717, 1.165) is 5.69 Å². The fourth-order valence-electron chi connectivity index (χ4n) is 3.53. The molecule has 4 rings (SSSR count). The van der Waals surface area contributed by atoms with E-state index >= 15 is 0 Å². The molecule has 2 aromatic carbocycles. The van der Waals surface area contributed by atoms with Gasteiger partial charge in [-0.3, -0.25) is 4.79 Å². The Morgan fingerprint density at radius 2 is 2.00 bits per heavy atom. The van der Waals surface area contributed by atoms with Crippen LogP contribution in [0, 0.1) is 0 Å². The number of carbonyl (C=O) groups is 1. The van der Waals surface area contributed by atoms with E-state index in [1.165, 1.54) is 43.8 Å². The fourth-order valence-corrected chi connectivity index (χ4v) is 3.78. The highest BCUT2D eigenvalue weighted by molar-refractivity contribution is 6.33. The Balaban J connectivity index is 1.54. The van der Waals surface area contributed by atoms with Gasteiger partial charge in [0.25, 0.3) is 5.91 Å². The van der Waals surface area contributed by atoms with Crippen LogP contribution in [0.5, 0.6) is 5.75 Å². The van der Waals surface area contributed by atoms with Crippen LogP contribution < -0.4 is 15.4 Å². The van der Waals surface area contributed by atoms with Gasteiger partial charge in [0.15, 0.2) is 0 Å². The molecule has 1 saturated carbocycles. The molecule has 1 fully saturated rings. The topological polar surface area (TPSA) is 94.0 Å². The zero-order chi connectivity index (χ0) is 20.2. The lowest BCUT2D eigenvalue weighted by Crippen LogP contribution is -2.16. The maximum absolute atomic E-state index is 12.9. The largest absolute Gasteiger partial charge is 0.496 e. The van der Waals surface area contributed by atoms with Crippen molar-refractivity contribution in [1.82, 2.24) is 20.2 Å². The molecule has 3 aromatic rings. The van der Waals surface area contributed by atoms with Crippen molar-refractivity contribution >= 4 is 28.9 Å².